The number of rotatable bonds is 5. The minimum atomic E-state index is -0.943. The number of benzene rings is 1. The second-order valence-corrected chi connectivity index (χ2v) is 7.34. The Labute approximate surface area is 188 Å². The number of terminal acetylenes is 1. The van der Waals surface area contributed by atoms with Crippen LogP contribution in [-0.4, -0.2) is 49.8 Å². The number of halogens is 2. The highest BCUT2D eigenvalue weighted by Gasteiger charge is 2.35. The minimum Gasteiger partial charge on any atom is -0.481 e. The molecule has 1 aromatic carbocycles. The summed E-state index contributed by atoms with van der Waals surface area (Å²) in [6.45, 7) is -0.443. The molecule has 1 aliphatic heterocycles. The number of methoxy groups -OCH3 is 1. The molecule has 0 saturated heterocycles. The third kappa shape index (κ3) is 4.32. The number of nitrogens with zero attached hydrogens (tertiary/aromatic N) is 2. The van der Waals surface area contributed by atoms with Crippen LogP contribution in [0.2, 0.25) is 0 Å². The fourth-order valence-corrected chi connectivity index (χ4v) is 3.81. The maximum absolute atomic E-state index is 15.1. The molecule has 0 N–H and O–H groups in total. The molecular weight excluding hydrogens is 443 g/mol. The summed E-state index contributed by atoms with van der Waals surface area (Å²) in [6, 6.07) is 2.11. The summed E-state index contributed by atoms with van der Waals surface area (Å²) in [4.78, 5) is 52.2. The van der Waals surface area contributed by atoms with Crippen LogP contribution in [0.5, 0.6) is 5.75 Å². The van der Waals surface area contributed by atoms with Crippen LogP contribution in [-0.2, 0) is 23.9 Å². The van der Waals surface area contributed by atoms with Gasteiger partial charge in [-0.2, -0.15) is 0 Å². The van der Waals surface area contributed by atoms with Crippen LogP contribution in [0.3, 0.4) is 0 Å². The Morgan fingerprint density at radius 1 is 1.28 bits per heavy atom. The van der Waals surface area contributed by atoms with Gasteiger partial charge in [-0.1, -0.05) is 5.92 Å². The van der Waals surface area contributed by atoms with E-state index in [2.05, 4.69) is 5.92 Å². The number of ether oxygens (including phenoxy) is 2. The fourth-order valence-electron chi connectivity index (χ4n) is 3.69. The van der Waals surface area contributed by atoms with Crippen LogP contribution in [0, 0.1) is 18.2 Å². The first-order chi connectivity index (χ1) is 15.3. The number of anilines is 2. The molecule has 2 aliphatic rings. The van der Waals surface area contributed by atoms with Crippen molar-refractivity contribution < 1.29 is 33.0 Å². The van der Waals surface area contributed by atoms with Crippen molar-refractivity contribution in [3.05, 3.63) is 29.1 Å². The average molecular weight is 463 g/mol. The van der Waals surface area contributed by atoms with Crippen molar-refractivity contribution in [2.24, 2.45) is 0 Å². The van der Waals surface area contributed by atoms with Gasteiger partial charge in [-0.3, -0.25) is 19.3 Å². The molecule has 1 aliphatic carbocycles. The van der Waals surface area contributed by atoms with Gasteiger partial charge in [0, 0.05) is 17.2 Å². The number of imide groups is 1. The zero-order valence-corrected chi connectivity index (χ0v) is 18.0. The maximum Gasteiger partial charge on any atom is 0.334 e. The molecule has 0 aromatic heterocycles. The van der Waals surface area contributed by atoms with Gasteiger partial charge in [0.05, 0.1) is 25.0 Å². The van der Waals surface area contributed by atoms with Crippen LogP contribution in [0.1, 0.15) is 25.7 Å². The Morgan fingerprint density at radius 2 is 1.97 bits per heavy atom. The van der Waals surface area contributed by atoms with Gasteiger partial charge >= 0.3 is 5.97 Å². The molecule has 32 heavy (non-hydrogen) atoms. The highest BCUT2D eigenvalue weighted by Crippen LogP contribution is 2.39. The normalized spacial score (nSPS) is 15.4. The Morgan fingerprint density at radius 3 is 2.59 bits per heavy atom. The topological polar surface area (TPSA) is 93.2 Å². The molecule has 3 amide bonds. The van der Waals surface area contributed by atoms with Crippen molar-refractivity contribution >= 4 is 46.7 Å². The predicted octanol–water partition coefficient (Wildman–Crippen LogP) is 2.33. The summed E-state index contributed by atoms with van der Waals surface area (Å²) in [5.74, 6) is -2.10. The van der Waals surface area contributed by atoms with Crippen molar-refractivity contribution in [2.45, 2.75) is 25.7 Å². The molecule has 168 valence electrons. The van der Waals surface area contributed by atoms with E-state index >= 15 is 4.39 Å². The summed E-state index contributed by atoms with van der Waals surface area (Å²) in [5.41, 5.74) is -0.114. The number of carbonyl (C=O) groups excluding carboxylic acids is 4. The maximum atomic E-state index is 15.1. The summed E-state index contributed by atoms with van der Waals surface area (Å²) < 4.78 is 25.1. The van der Waals surface area contributed by atoms with Crippen molar-refractivity contribution in [1.82, 2.24) is 0 Å². The van der Waals surface area contributed by atoms with E-state index in [1.165, 1.54) is 12.0 Å². The van der Waals surface area contributed by atoms with Gasteiger partial charge in [0.2, 0.25) is 5.91 Å². The van der Waals surface area contributed by atoms with Gasteiger partial charge in [0.15, 0.2) is 12.4 Å². The Balaban J connectivity index is 2.15. The monoisotopic (exact) mass is 462 g/mol. The lowest BCUT2D eigenvalue weighted by Gasteiger charge is -2.30. The van der Waals surface area contributed by atoms with E-state index < -0.39 is 41.1 Å². The van der Waals surface area contributed by atoms with Gasteiger partial charge in [-0.15, -0.1) is 18.0 Å². The molecular formula is C22H20ClFN2O6. The largest absolute Gasteiger partial charge is 0.481 e. The molecule has 0 fully saturated rings. The van der Waals surface area contributed by atoms with E-state index in [1.54, 1.807) is 0 Å². The van der Waals surface area contributed by atoms with Crippen LogP contribution < -0.4 is 14.5 Å². The van der Waals surface area contributed by atoms with Crippen molar-refractivity contribution in [2.75, 3.05) is 35.9 Å². The zero-order valence-electron chi connectivity index (χ0n) is 17.3. The zero-order chi connectivity index (χ0) is 23.4. The lowest BCUT2D eigenvalue weighted by molar-refractivity contribution is -0.137. The van der Waals surface area contributed by atoms with E-state index in [-0.39, 0.29) is 42.2 Å². The highest BCUT2D eigenvalue weighted by atomic mass is 35.5. The van der Waals surface area contributed by atoms with Crippen LogP contribution in [0.25, 0.3) is 0 Å². The quantitative estimate of drug-likeness (QED) is 0.379. The second-order valence-electron chi connectivity index (χ2n) is 7.07. The third-order valence-electron chi connectivity index (χ3n) is 5.19. The first-order valence-corrected chi connectivity index (χ1v) is 10.3. The van der Waals surface area contributed by atoms with E-state index in [0.717, 1.165) is 12.1 Å². The van der Waals surface area contributed by atoms with Gasteiger partial charge in [0.1, 0.15) is 11.6 Å². The number of hydrogen-bond acceptors (Lipinski definition) is 6. The molecule has 0 atom stereocenters. The molecule has 0 radical (unpaired) electrons. The molecule has 1 heterocycles. The number of esters is 1. The number of hydrogen-bond donors (Lipinski definition) is 0. The first-order valence-electron chi connectivity index (χ1n) is 9.77. The van der Waals surface area contributed by atoms with E-state index in [0.29, 0.717) is 24.2 Å². The van der Waals surface area contributed by atoms with Gasteiger partial charge in [-0.25, -0.2) is 14.1 Å². The number of alkyl halides is 1. The Hall–Kier alpha value is -3.38. The SMILES string of the molecule is C#CCN1C(=O)COc2cc(F)c(N(C(=O)CCl)C(=O)C3=C(C(=O)OC)CCCC3)cc21. The standard InChI is InChI=1S/C22H20ClFN2O6/c1-3-8-25-17-10-16(15(24)9-18(17)32-12-20(25)28)26(19(27)11-23)21(29)13-6-4-5-7-14(13)22(30)31-2/h1,9-10H,4-8,11-12H2,2H3. The molecule has 0 unspecified atom stereocenters. The smallest absolute Gasteiger partial charge is 0.334 e. The summed E-state index contributed by atoms with van der Waals surface area (Å²) in [6.07, 6.45) is 7.11. The molecule has 8 nitrogen and oxygen atoms in total. The van der Waals surface area contributed by atoms with Crippen molar-refractivity contribution in [3.8, 4) is 18.1 Å². The summed E-state index contributed by atoms with van der Waals surface area (Å²) in [7, 11) is 1.19. The van der Waals surface area contributed by atoms with E-state index in [9.17, 15) is 19.2 Å². The lowest BCUT2D eigenvalue weighted by Crippen LogP contribution is -2.42. The molecule has 0 bridgehead atoms. The highest BCUT2D eigenvalue weighted by molar-refractivity contribution is 6.34. The Bertz CT molecular complexity index is 1060. The van der Waals surface area contributed by atoms with Gasteiger partial charge < -0.3 is 9.47 Å². The lowest BCUT2D eigenvalue weighted by atomic mass is 9.90. The van der Waals surface area contributed by atoms with Gasteiger partial charge in [-0.05, 0) is 31.7 Å². The Kier molecular flexibility index (Phi) is 7.15. The second kappa shape index (κ2) is 9.83. The van der Waals surface area contributed by atoms with Crippen LogP contribution in [0.4, 0.5) is 15.8 Å². The number of fused-ring (bicyclic) bond motifs is 1. The van der Waals surface area contributed by atoms with Crippen LogP contribution in [0.15, 0.2) is 23.3 Å². The van der Waals surface area contributed by atoms with Crippen molar-refractivity contribution in [1.29, 1.82) is 0 Å². The average Bonchev–Trinajstić information content (AvgIpc) is 2.81. The van der Waals surface area contributed by atoms with Gasteiger partial charge in [0.25, 0.3) is 11.8 Å². The number of carbonyl (C=O) groups is 4. The number of amides is 3. The van der Waals surface area contributed by atoms with Crippen LogP contribution >= 0.6 is 11.6 Å². The molecule has 3 rings (SSSR count). The summed E-state index contributed by atoms with van der Waals surface area (Å²) in [5, 5.41) is 0. The van der Waals surface area contributed by atoms with Crippen molar-refractivity contribution in [3.63, 3.8) is 0 Å². The predicted molar refractivity (Wildman–Crippen MR) is 114 cm³/mol. The summed E-state index contributed by atoms with van der Waals surface area (Å²) >= 11 is 5.71. The third-order valence-corrected chi connectivity index (χ3v) is 5.41. The molecule has 0 saturated carbocycles. The first kappa shape index (κ1) is 23.3. The fraction of sp³-hybridized carbons (Fsp3) is 0.364. The molecule has 10 heteroatoms. The minimum absolute atomic E-state index is 0.0407. The van der Waals surface area contributed by atoms with E-state index in [1.807, 2.05) is 0 Å². The molecule has 1 aromatic rings. The molecule has 0 spiro atoms. The van der Waals surface area contributed by atoms with E-state index in [4.69, 9.17) is 27.5 Å².